The summed E-state index contributed by atoms with van der Waals surface area (Å²) in [6, 6.07) is 66.8. The Morgan fingerprint density at radius 2 is 1.09 bits per heavy atom. The van der Waals surface area contributed by atoms with Gasteiger partial charge in [0.05, 0.1) is 33.8 Å². The number of fused-ring (bicyclic) bond motifs is 3. The van der Waals surface area contributed by atoms with Crippen LogP contribution in [0.1, 0.15) is 5.56 Å². The van der Waals surface area contributed by atoms with E-state index < -0.39 is 0 Å². The lowest BCUT2D eigenvalue weighted by molar-refractivity contribution is 0.483. The maximum Gasteiger partial charge on any atom is 0.129 e. The van der Waals surface area contributed by atoms with Crippen molar-refractivity contribution in [3.8, 4) is 33.8 Å². The van der Waals surface area contributed by atoms with E-state index in [0.29, 0.717) is 0 Å². The first-order valence-corrected chi connectivity index (χ1v) is 18.4. The summed E-state index contributed by atoms with van der Waals surface area (Å²) in [7, 11) is 0. The van der Waals surface area contributed by atoms with Crippen LogP contribution in [0.25, 0.3) is 44.1 Å². The Morgan fingerprint density at radius 3 is 1.82 bits per heavy atom. The Kier molecular flexibility index (Phi) is 9.09. The molecule has 0 spiro atoms. The van der Waals surface area contributed by atoms with Crippen LogP contribution >= 0.6 is 0 Å². The number of aliphatic imine (C=N–C) groups is 1. The molecule has 0 radical (unpaired) electrons. The van der Waals surface area contributed by atoms with Crippen LogP contribution in [0.15, 0.2) is 199 Å². The minimum absolute atomic E-state index is 0.728. The van der Waals surface area contributed by atoms with Crippen molar-refractivity contribution < 1.29 is 4.74 Å². The lowest BCUT2D eigenvalue weighted by Gasteiger charge is -2.20. The lowest BCUT2D eigenvalue weighted by atomic mass is 9.95. The second-order valence-corrected chi connectivity index (χ2v) is 13.5. The number of benzene rings is 8. The molecule has 55 heavy (non-hydrogen) atoms. The molecule has 0 saturated heterocycles. The van der Waals surface area contributed by atoms with Gasteiger partial charge < -0.3 is 15.4 Å². The van der Waals surface area contributed by atoms with Crippen molar-refractivity contribution in [1.29, 1.82) is 0 Å². The number of nitrogens with zero attached hydrogens (tertiary/aromatic N) is 2. The zero-order valence-corrected chi connectivity index (χ0v) is 30.4. The third-order valence-electron chi connectivity index (χ3n) is 9.81. The third-order valence-corrected chi connectivity index (χ3v) is 9.81. The highest BCUT2D eigenvalue weighted by atomic mass is 16.5. The van der Waals surface area contributed by atoms with Crippen molar-refractivity contribution in [2.45, 2.75) is 6.92 Å². The fourth-order valence-electron chi connectivity index (χ4n) is 7.09. The Balaban J connectivity index is 1.02. The van der Waals surface area contributed by atoms with Crippen LogP contribution in [0.5, 0.6) is 11.5 Å². The molecule has 264 valence electrons. The summed E-state index contributed by atoms with van der Waals surface area (Å²) in [4.78, 5) is 4.81. The molecule has 8 aromatic carbocycles. The van der Waals surface area contributed by atoms with E-state index in [1.54, 1.807) is 0 Å². The van der Waals surface area contributed by atoms with Gasteiger partial charge >= 0.3 is 0 Å². The fraction of sp³-hybridized carbons (Fsp3) is 0.0200. The second kappa shape index (κ2) is 14.9. The van der Waals surface area contributed by atoms with Gasteiger partial charge in [0, 0.05) is 39.7 Å². The normalized spacial score (nSPS) is 11.3. The van der Waals surface area contributed by atoms with E-state index in [1.807, 2.05) is 48.8 Å². The van der Waals surface area contributed by atoms with Crippen molar-refractivity contribution in [3.05, 3.63) is 200 Å². The van der Waals surface area contributed by atoms with Crippen molar-refractivity contribution in [1.82, 2.24) is 4.57 Å². The highest BCUT2D eigenvalue weighted by Gasteiger charge is 2.15. The van der Waals surface area contributed by atoms with Crippen LogP contribution in [-0.2, 0) is 0 Å². The maximum atomic E-state index is 6.53. The molecular formula is C50H38N4O. The highest BCUT2D eigenvalue weighted by molar-refractivity contribution is 6.11. The van der Waals surface area contributed by atoms with E-state index in [-0.39, 0.29) is 0 Å². The molecule has 0 aliphatic heterocycles. The second-order valence-electron chi connectivity index (χ2n) is 13.5. The van der Waals surface area contributed by atoms with Crippen LogP contribution in [0.3, 0.4) is 0 Å². The van der Waals surface area contributed by atoms with Crippen LogP contribution in [0.2, 0.25) is 0 Å². The van der Waals surface area contributed by atoms with Gasteiger partial charge in [-0.1, -0.05) is 133 Å². The number of rotatable bonds is 10. The molecule has 0 aliphatic carbocycles. The SMILES string of the molecule is Cc1ccc(/N=C/n2c3ccccc3c3ccc(Oc4cccc(Nc5ccccc5Nc5c(-c6ccccc6)cccc5-c5ccccc5)c4)cc32)cc1. The van der Waals surface area contributed by atoms with Gasteiger partial charge in [-0.2, -0.15) is 0 Å². The molecule has 9 aromatic rings. The van der Waals surface area contributed by atoms with E-state index >= 15 is 0 Å². The number of anilines is 4. The first-order valence-electron chi connectivity index (χ1n) is 18.4. The molecule has 0 atom stereocenters. The topological polar surface area (TPSA) is 50.6 Å². The van der Waals surface area contributed by atoms with Crippen molar-refractivity contribution in [2.75, 3.05) is 10.6 Å². The smallest absolute Gasteiger partial charge is 0.129 e. The quantitative estimate of drug-likeness (QED) is 0.110. The number of ether oxygens (including phenoxy) is 1. The van der Waals surface area contributed by atoms with Gasteiger partial charge in [-0.25, -0.2) is 4.99 Å². The molecule has 0 unspecified atom stereocenters. The molecule has 2 N–H and O–H groups in total. The van der Waals surface area contributed by atoms with Gasteiger partial charge in [-0.3, -0.25) is 4.57 Å². The number of aryl methyl sites for hydroxylation is 1. The predicted octanol–water partition coefficient (Wildman–Crippen LogP) is 13.9. The lowest BCUT2D eigenvalue weighted by Crippen LogP contribution is -2.00. The van der Waals surface area contributed by atoms with Gasteiger partial charge in [-0.15, -0.1) is 0 Å². The predicted molar refractivity (Wildman–Crippen MR) is 231 cm³/mol. The van der Waals surface area contributed by atoms with Gasteiger partial charge in [-0.05, 0) is 72.6 Å². The number of nitrogens with one attached hydrogen (secondary N) is 2. The monoisotopic (exact) mass is 710 g/mol. The van der Waals surface area contributed by atoms with Gasteiger partial charge in [0.2, 0.25) is 0 Å². The Labute approximate surface area is 320 Å². The molecule has 0 amide bonds. The molecule has 0 saturated carbocycles. The largest absolute Gasteiger partial charge is 0.457 e. The molecule has 0 bridgehead atoms. The minimum Gasteiger partial charge on any atom is -0.457 e. The van der Waals surface area contributed by atoms with Crippen LogP contribution in [0.4, 0.5) is 28.4 Å². The minimum atomic E-state index is 0.728. The number of para-hydroxylation sites is 4. The number of aromatic nitrogens is 1. The molecule has 0 aliphatic rings. The van der Waals surface area contributed by atoms with Gasteiger partial charge in [0.1, 0.15) is 17.8 Å². The molecule has 9 rings (SSSR count). The van der Waals surface area contributed by atoms with E-state index in [4.69, 9.17) is 9.73 Å². The van der Waals surface area contributed by atoms with Crippen molar-refractivity contribution in [3.63, 3.8) is 0 Å². The summed E-state index contributed by atoms with van der Waals surface area (Å²) in [5, 5.41) is 9.80. The zero-order valence-electron chi connectivity index (χ0n) is 30.4. The molecule has 1 heterocycles. The first-order chi connectivity index (χ1) is 27.2. The van der Waals surface area contributed by atoms with Crippen molar-refractivity contribution >= 4 is 56.6 Å². The average molecular weight is 711 g/mol. The summed E-state index contributed by atoms with van der Waals surface area (Å²) < 4.78 is 8.67. The van der Waals surface area contributed by atoms with Crippen LogP contribution in [0, 0.1) is 6.92 Å². The number of hydrogen-bond donors (Lipinski definition) is 2. The van der Waals surface area contributed by atoms with Crippen molar-refractivity contribution in [2.24, 2.45) is 4.99 Å². The molecule has 5 nitrogen and oxygen atoms in total. The molecular weight excluding hydrogens is 673 g/mol. The van der Waals surface area contributed by atoms with Gasteiger partial charge in [0.15, 0.2) is 0 Å². The van der Waals surface area contributed by atoms with Crippen LogP contribution in [-0.4, -0.2) is 10.9 Å². The van der Waals surface area contributed by atoms with E-state index in [9.17, 15) is 0 Å². The average Bonchev–Trinajstić information content (AvgIpc) is 3.54. The Morgan fingerprint density at radius 1 is 0.491 bits per heavy atom. The van der Waals surface area contributed by atoms with E-state index in [2.05, 4.69) is 174 Å². The molecule has 1 aromatic heterocycles. The zero-order chi connectivity index (χ0) is 37.0. The Hall–Kier alpha value is -7.37. The number of hydrogen-bond acceptors (Lipinski definition) is 4. The highest BCUT2D eigenvalue weighted by Crippen LogP contribution is 2.41. The van der Waals surface area contributed by atoms with E-state index in [0.717, 1.165) is 78.6 Å². The fourth-order valence-corrected chi connectivity index (χ4v) is 7.09. The van der Waals surface area contributed by atoms with Crippen LogP contribution < -0.4 is 15.4 Å². The standard InChI is InChI=1S/C50H38N4O/c1-35-26-28-38(29-27-35)51-34-54-48-25-11-8-20-44(48)45-31-30-41(33-49(45)54)55-40-19-12-18-39(32-40)52-46-23-9-10-24-47(46)53-50-42(36-14-4-2-5-15-36)21-13-22-43(50)37-16-6-3-7-17-37/h2-34,52-53H,1H3/b51-34+. The summed E-state index contributed by atoms with van der Waals surface area (Å²) in [5.41, 5.74) is 12.6. The Bertz CT molecular complexity index is 2730. The maximum absolute atomic E-state index is 6.53. The third kappa shape index (κ3) is 7.07. The van der Waals surface area contributed by atoms with E-state index in [1.165, 1.54) is 10.9 Å². The van der Waals surface area contributed by atoms with Gasteiger partial charge in [0.25, 0.3) is 0 Å². The molecule has 5 heteroatoms. The summed E-state index contributed by atoms with van der Waals surface area (Å²) in [5.74, 6) is 1.47. The summed E-state index contributed by atoms with van der Waals surface area (Å²) in [6.45, 7) is 2.08. The summed E-state index contributed by atoms with van der Waals surface area (Å²) in [6.07, 6.45) is 1.90. The summed E-state index contributed by atoms with van der Waals surface area (Å²) >= 11 is 0. The first kappa shape index (κ1) is 33.5. The molecule has 0 fully saturated rings.